The van der Waals surface area contributed by atoms with Crippen molar-refractivity contribution in [1.29, 1.82) is 5.26 Å². The summed E-state index contributed by atoms with van der Waals surface area (Å²) in [6.45, 7) is 3.33. The standard InChI is InChI=1S/C25H28N4O4/c1-17(13-23(31)32)12-22(30)24-20-14-18(15-26)16-28-25(20)29(2)21(24)8-10-33-11-9-27-19-6-4-3-5-7-19/h3-7,14,16-17,27H,8-13H2,1-2H3,(H,31,32). The average molecular weight is 449 g/mol. The molecular formula is C25H28N4O4. The number of aromatic nitrogens is 2. The van der Waals surface area contributed by atoms with Crippen LogP contribution in [0.3, 0.4) is 0 Å². The molecule has 2 heterocycles. The molecule has 33 heavy (non-hydrogen) atoms. The van der Waals surface area contributed by atoms with E-state index in [1.165, 1.54) is 6.20 Å². The molecule has 0 fully saturated rings. The molecule has 2 aromatic heterocycles. The van der Waals surface area contributed by atoms with Gasteiger partial charge in [-0.1, -0.05) is 25.1 Å². The molecule has 1 unspecified atom stereocenters. The van der Waals surface area contributed by atoms with Crippen LogP contribution in [0.2, 0.25) is 0 Å². The maximum Gasteiger partial charge on any atom is 0.303 e. The number of hydrogen-bond acceptors (Lipinski definition) is 6. The van der Waals surface area contributed by atoms with Crippen molar-refractivity contribution >= 4 is 28.5 Å². The lowest BCUT2D eigenvalue weighted by molar-refractivity contribution is -0.137. The molecule has 3 rings (SSSR count). The third-order valence-electron chi connectivity index (χ3n) is 5.44. The summed E-state index contributed by atoms with van der Waals surface area (Å²) in [7, 11) is 1.84. The van der Waals surface area contributed by atoms with Crippen LogP contribution in [0, 0.1) is 17.2 Å². The number of ether oxygens (including phenoxy) is 1. The number of carbonyl (C=O) groups is 2. The van der Waals surface area contributed by atoms with Gasteiger partial charge in [-0.25, -0.2) is 4.98 Å². The molecule has 0 aliphatic rings. The van der Waals surface area contributed by atoms with Crippen LogP contribution >= 0.6 is 0 Å². The second-order valence-electron chi connectivity index (χ2n) is 8.07. The number of nitrogens with zero attached hydrogens (tertiary/aromatic N) is 3. The van der Waals surface area contributed by atoms with Gasteiger partial charge in [0.1, 0.15) is 11.7 Å². The van der Waals surface area contributed by atoms with Crippen LogP contribution in [0.25, 0.3) is 11.0 Å². The number of carboxylic acid groups (broad SMARTS) is 1. The van der Waals surface area contributed by atoms with Gasteiger partial charge in [-0.2, -0.15) is 5.26 Å². The first kappa shape index (κ1) is 24.0. The lowest BCUT2D eigenvalue weighted by Crippen LogP contribution is -2.15. The number of nitrogens with one attached hydrogen (secondary N) is 1. The Labute approximate surface area is 192 Å². The van der Waals surface area contributed by atoms with Gasteiger partial charge in [0, 0.05) is 61.4 Å². The number of pyridine rings is 1. The summed E-state index contributed by atoms with van der Waals surface area (Å²) in [5.74, 6) is -1.38. The number of carboxylic acids is 1. The van der Waals surface area contributed by atoms with E-state index in [-0.39, 0.29) is 24.5 Å². The molecule has 8 nitrogen and oxygen atoms in total. The normalized spacial score (nSPS) is 11.8. The Hall–Kier alpha value is -3.70. The van der Waals surface area contributed by atoms with Crippen LogP contribution in [0.15, 0.2) is 42.6 Å². The van der Waals surface area contributed by atoms with Crippen LogP contribution in [0.1, 0.15) is 41.4 Å². The first-order valence-corrected chi connectivity index (χ1v) is 10.9. The van der Waals surface area contributed by atoms with Crippen molar-refractivity contribution in [1.82, 2.24) is 9.55 Å². The van der Waals surface area contributed by atoms with Gasteiger partial charge in [-0.3, -0.25) is 9.59 Å². The van der Waals surface area contributed by atoms with E-state index >= 15 is 0 Å². The summed E-state index contributed by atoms with van der Waals surface area (Å²) in [6, 6.07) is 13.6. The summed E-state index contributed by atoms with van der Waals surface area (Å²) in [6.07, 6.45) is 2.01. The average Bonchev–Trinajstić information content (AvgIpc) is 3.07. The summed E-state index contributed by atoms with van der Waals surface area (Å²) in [4.78, 5) is 28.6. The van der Waals surface area contributed by atoms with Gasteiger partial charge in [-0.05, 0) is 24.1 Å². The SMILES string of the molecule is CC(CC(=O)O)CC(=O)c1c(CCOCCNc2ccccc2)n(C)c2ncc(C#N)cc12. The molecule has 0 saturated heterocycles. The zero-order valence-corrected chi connectivity index (χ0v) is 18.9. The van der Waals surface area contributed by atoms with Gasteiger partial charge in [0.05, 0.1) is 18.8 Å². The molecule has 0 spiro atoms. The maximum absolute atomic E-state index is 13.2. The number of rotatable bonds is 12. The van der Waals surface area contributed by atoms with E-state index in [1.54, 1.807) is 13.0 Å². The number of fused-ring (bicyclic) bond motifs is 1. The lowest BCUT2D eigenvalue weighted by Gasteiger charge is -2.11. The highest BCUT2D eigenvalue weighted by atomic mass is 16.5. The van der Waals surface area contributed by atoms with E-state index in [0.717, 1.165) is 11.4 Å². The molecule has 0 saturated carbocycles. The van der Waals surface area contributed by atoms with Crippen LogP contribution in [0.5, 0.6) is 0 Å². The van der Waals surface area contributed by atoms with E-state index in [0.29, 0.717) is 48.3 Å². The summed E-state index contributed by atoms with van der Waals surface area (Å²) in [5, 5.41) is 22.2. The van der Waals surface area contributed by atoms with E-state index in [1.807, 2.05) is 41.9 Å². The zero-order valence-electron chi connectivity index (χ0n) is 18.9. The number of para-hydroxylation sites is 1. The molecule has 172 valence electrons. The fourth-order valence-electron chi connectivity index (χ4n) is 3.91. The minimum Gasteiger partial charge on any atom is -0.481 e. The third kappa shape index (κ3) is 6.18. The van der Waals surface area contributed by atoms with E-state index in [4.69, 9.17) is 9.84 Å². The largest absolute Gasteiger partial charge is 0.481 e. The van der Waals surface area contributed by atoms with Crippen LogP contribution < -0.4 is 5.32 Å². The lowest BCUT2D eigenvalue weighted by atomic mass is 9.95. The van der Waals surface area contributed by atoms with Gasteiger partial charge in [0.2, 0.25) is 0 Å². The molecule has 3 aromatic rings. The number of anilines is 1. The number of ketones is 1. The van der Waals surface area contributed by atoms with Crippen molar-refractivity contribution in [3.63, 3.8) is 0 Å². The van der Waals surface area contributed by atoms with Crippen molar-refractivity contribution in [2.24, 2.45) is 13.0 Å². The quantitative estimate of drug-likeness (QED) is 0.320. The van der Waals surface area contributed by atoms with Gasteiger partial charge in [-0.15, -0.1) is 0 Å². The van der Waals surface area contributed by atoms with Gasteiger partial charge >= 0.3 is 5.97 Å². The maximum atomic E-state index is 13.2. The number of Topliss-reactive ketones (excluding diaryl/α,β-unsaturated/α-hetero) is 1. The highest BCUT2D eigenvalue weighted by Gasteiger charge is 2.24. The molecule has 0 bridgehead atoms. The van der Waals surface area contributed by atoms with Crippen LogP contribution in [-0.4, -0.2) is 46.2 Å². The predicted molar refractivity (Wildman–Crippen MR) is 125 cm³/mol. The molecule has 0 radical (unpaired) electrons. The molecule has 2 N–H and O–H groups in total. The Balaban J connectivity index is 1.73. The monoisotopic (exact) mass is 448 g/mol. The van der Waals surface area contributed by atoms with Crippen molar-refractivity contribution < 1.29 is 19.4 Å². The second-order valence-corrected chi connectivity index (χ2v) is 8.07. The Kier molecular flexibility index (Phi) is 8.17. The molecule has 0 aliphatic carbocycles. The number of aliphatic carboxylic acids is 1. The summed E-state index contributed by atoms with van der Waals surface area (Å²) < 4.78 is 7.64. The number of carbonyl (C=O) groups excluding carboxylic acids is 1. The fourth-order valence-corrected chi connectivity index (χ4v) is 3.91. The van der Waals surface area contributed by atoms with E-state index < -0.39 is 5.97 Å². The topological polar surface area (TPSA) is 117 Å². The van der Waals surface area contributed by atoms with Gasteiger partial charge in [0.25, 0.3) is 0 Å². The highest BCUT2D eigenvalue weighted by molar-refractivity contribution is 6.09. The smallest absolute Gasteiger partial charge is 0.303 e. The number of benzene rings is 1. The first-order chi connectivity index (χ1) is 15.9. The number of aryl methyl sites for hydroxylation is 1. The molecule has 8 heteroatoms. The number of nitriles is 1. The van der Waals surface area contributed by atoms with Crippen LogP contribution in [0.4, 0.5) is 5.69 Å². The van der Waals surface area contributed by atoms with Crippen molar-refractivity contribution in [2.75, 3.05) is 25.1 Å². The van der Waals surface area contributed by atoms with Crippen molar-refractivity contribution in [2.45, 2.75) is 26.2 Å². The van der Waals surface area contributed by atoms with Crippen LogP contribution in [-0.2, 0) is 23.0 Å². The molecule has 0 aliphatic heterocycles. The van der Waals surface area contributed by atoms with Gasteiger partial charge in [0.15, 0.2) is 5.78 Å². The Morgan fingerprint density at radius 3 is 2.70 bits per heavy atom. The van der Waals surface area contributed by atoms with E-state index in [9.17, 15) is 14.9 Å². The molecule has 1 atom stereocenters. The Morgan fingerprint density at radius 2 is 2.00 bits per heavy atom. The molecule has 0 amide bonds. The fraction of sp³-hybridized carbons (Fsp3) is 0.360. The first-order valence-electron chi connectivity index (χ1n) is 10.9. The van der Waals surface area contributed by atoms with Gasteiger partial charge < -0.3 is 19.7 Å². The van der Waals surface area contributed by atoms with Crippen molar-refractivity contribution in [3.8, 4) is 6.07 Å². The summed E-state index contributed by atoms with van der Waals surface area (Å²) in [5.41, 5.74) is 3.29. The van der Waals surface area contributed by atoms with E-state index in [2.05, 4.69) is 16.4 Å². The zero-order chi connectivity index (χ0) is 23.8. The second kappa shape index (κ2) is 11.2. The molecular weight excluding hydrogens is 420 g/mol. The molecule has 1 aromatic carbocycles. The minimum absolute atomic E-state index is 0.0783. The van der Waals surface area contributed by atoms with Crippen molar-refractivity contribution in [3.05, 3.63) is 59.4 Å². The third-order valence-corrected chi connectivity index (χ3v) is 5.44. The Morgan fingerprint density at radius 1 is 1.24 bits per heavy atom. The minimum atomic E-state index is -0.931. The predicted octanol–water partition coefficient (Wildman–Crippen LogP) is 3.80. The Bertz CT molecular complexity index is 1160. The number of hydrogen-bond donors (Lipinski definition) is 2. The highest BCUT2D eigenvalue weighted by Crippen LogP contribution is 2.28. The summed E-state index contributed by atoms with van der Waals surface area (Å²) >= 11 is 0.